The van der Waals surface area contributed by atoms with Crippen LogP contribution in [0.5, 0.6) is 11.5 Å². The molecule has 0 aliphatic carbocycles. The molecule has 2 N–H and O–H groups in total. The predicted octanol–water partition coefficient (Wildman–Crippen LogP) is 2.91. The Balaban J connectivity index is 3.34. The highest BCUT2D eigenvalue weighted by atomic mass is 35.5. The molecule has 0 fully saturated rings. The fourth-order valence-electron chi connectivity index (χ4n) is 1.05. The number of phenolic OH excluding ortho intramolecular Hbond substituents is 1. The number of benzene rings is 1. The van der Waals surface area contributed by atoms with E-state index in [4.69, 9.17) is 33.1 Å². The molecule has 0 aromatic heterocycles. The highest BCUT2D eigenvalue weighted by molar-refractivity contribution is 6.43. The molecular weight excluding hydrogens is 241 g/mol. The Hall–Kier alpha value is -1.13. The molecule has 0 aliphatic heterocycles. The monoisotopic (exact) mass is 249 g/mol. The smallest absolute Gasteiger partial charge is 0.168 e. The number of rotatable bonds is 3. The molecule has 0 saturated heterocycles. The number of oxime groups is 1. The first-order valence-electron chi connectivity index (χ1n) is 4.13. The van der Waals surface area contributed by atoms with Gasteiger partial charge in [0.05, 0.1) is 28.4 Å². The molecule has 82 valence electrons. The maximum Gasteiger partial charge on any atom is 0.168 e. The number of hydrogen-bond donors (Lipinski definition) is 2. The molecule has 0 atom stereocenters. The zero-order valence-electron chi connectivity index (χ0n) is 7.87. The van der Waals surface area contributed by atoms with Crippen molar-refractivity contribution in [3.63, 3.8) is 0 Å². The lowest BCUT2D eigenvalue weighted by atomic mass is 10.2. The van der Waals surface area contributed by atoms with Crippen molar-refractivity contribution in [2.45, 2.75) is 6.92 Å². The van der Waals surface area contributed by atoms with Gasteiger partial charge in [0.25, 0.3) is 0 Å². The normalized spacial score (nSPS) is 10.9. The van der Waals surface area contributed by atoms with Crippen molar-refractivity contribution < 1.29 is 15.1 Å². The van der Waals surface area contributed by atoms with Crippen LogP contribution in [0.3, 0.4) is 0 Å². The number of nitrogens with zero attached hydrogens (tertiary/aromatic N) is 1. The largest absolute Gasteiger partial charge is 0.504 e. The molecule has 0 aliphatic rings. The van der Waals surface area contributed by atoms with E-state index in [9.17, 15) is 5.11 Å². The molecule has 0 bridgehead atoms. The summed E-state index contributed by atoms with van der Waals surface area (Å²) in [7, 11) is 0. The fraction of sp³-hybridized carbons (Fsp3) is 0.222. The Morgan fingerprint density at radius 3 is 2.73 bits per heavy atom. The van der Waals surface area contributed by atoms with Crippen LogP contribution >= 0.6 is 23.2 Å². The van der Waals surface area contributed by atoms with Crippen LogP contribution in [0.1, 0.15) is 12.5 Å². The van der Waals surface area contributed by atoms with Gasteiger partial charge in [-0.25, -0.2) is 0 Å². The van der Waals surface area contributed by atoms with Crippen LogP contribution in [0.4, 0.5) is 0 Å². The number of aromatic hydroxyl groups is 1. The topological polar surface area (TPSA) is 62.0 Å². The highest BCUT2D eigenvalue weighted by Gasteiger charge is 2.15. The van der Waals surface area contributed by atoms with Crippen molar-refractivity contribution >= 4 is 29.4 Å². The first-order chi connectivity index (χ1) is 7.11. The molecular formula is C9H9Cl2NO3. The summed E-state index contributed by atoms with van der Waals surface area (Å²) in [4.78, 5) is 0. The van der Waals surface area contributed by atoms with Gasteiger partial charge in [0.2, 0.25) is 0 Å². The summed E-state index contributed by atoms with van der Waals surface area (Å²) in [6.07, 6.45) is 0.992. The lowest BCUT2D eigenvalue weighted by Crippen LogP contribution is -1.95. The second-order valence-electron chi connectivity index (χ2n) is 2.61. The Bertz CT molecular complexity index is 393. The summed E-state index contributed by atoms with van der Waals surface area (Å²) in [5, 5.41) is 21.2. The van der Waals surface area contributed by atoms with Gasteiger partial charge >= 0.3 is 0 Å². The van der Waals surface area contributed by atoms with Gasteiger partial charge < -0.3 is 15.1 Å². The SMILES string of the molecule is CCOc1cc(Cl)c(Cl)c(/C=N/O)c1O. The van der Waals surface area contributed by atoms with Gasteiger partial charge in [-0.05, 0) is 6.92 Å². The minimum absolute atomic E-state index is 0.107. The van der Waals surface area contributed by atoms with Gasteiger partial charge in [-0.1, -0.05) is 28.4 Å². The van der Waals surface area contributed by atoms with Gasteiger partial charge in [-0.3, -0.25) is 0 Å². The van der Waals surface area contributed by atoms with E-state index < -0.39 is 0 Å². The first kappa shape index (κ1) is 11.9. The van der Waals surface area contributed by atoms with E-state index in [0.29, 0.717) is 6.61 Å². The Morgan fingerprint density at radius 1 is 1.53 bits per heavy atom. The van der Waals surface area contributed by atoms with Gasteiger partial charge in [-0.15, -0.1) is 0 Å². The fourth-order valence-corrected chi connectivity index (χ4v) is 1.45. The number of ether oxygens (including phenoxy) is 1. The zero-order chi connectivity index (χ0) is 11.4. The summed E-state index contributed by atoms with van der Waals surface area (Å²) in [5.41, 5.74) is 0.120. The van der Waals surface area contributed by atoms with Crippen molar-refractivity contribution in [3.8, 4) is 11.5 Å². The van der Waals surface area contributed by atoms with Gasteiger partial charge in [-0.2, -0.15) is 0 Å². The molecule has 1 aromatic rings. The summed E-state index contributed by atoms with van der Waals surface area (Å²) >= 11 is 11.6. The summed E-state index contributed by atoms with van der Waals surface area (Å²) < 4.78 is 5.12. The third-order valence-corrected chi connectivity index (χ3v) is 2.48. The van der Waals surface area contributed by atoms with Crippen LogP contribution in [0.25, 0.3) is 0 Å². The molecule has 6 heteroatoms. The Labute approximate surface area is 96.7 Å². The molecule has 1 rings (SSSR count). The van der Waals surface area contributed by atoms with E-state index in [1.807, 2.05) is 0 Å². The van der Waals surface area contributed by atoms with Crippen molar-refractivity contribution in [2.75, 3.05) is 6.61 Å². The maximum absolute atomic E-state index is 9.69. The van der Waals surface area contributed by atoms with E-state index in [1.54, 1.807) is 6.92 Å². The molecule has 15 heavy (non-hydrogen) atoms. The summed E-state index contributed by atoms with van der Waals surface area (Å²) in [6, 6.07) is 1.40. The average Bonchev–Trinajstić information content (AvgIpc) is 2.21. The van der Waals surface area contributed by atoms with Crippen LogP contribution in [-0.2, 0) is 0 Å². The van der Waals surface area contributed by atoms with E-state index in [2.05, 4.69) is 5.16 Å². The second-order valence-corrected chi connectivity index (χ2v) is 3.40. The quantitative estimate of drug-likeness (QED) is 0.492. The molecule has 1 aromatic carbocycles. The van der Waals surface area contributed by atoms with Crippen LogP contribution in [0, 0.1) is 0 Å². The molecule has 0 unspecified atom stereocenters. The molecule has 0 spiro atoms. The van der Waals surface area contributed by atoms with E-state index in [0.717, 1.165) is 6.21 Å². The minimum atomic E-state index is -0.205. The van der Waals surface area contributed by atoms with Crippen LogP contribution in [0.15, 0.2) is 11.2 Å². The Morgan fingerprint density at radius 2 is 2.20 bits per heavy atom. The number of phenols is 1. The maximum atomic E-state index is 9.69. The molecule has 0 heterocycles. The molecule has 0 amide bonds. The van der Waals surface area contributed by atoms with Crippen LogP contribution in [0.2, 0.25) is 10.0 Å². The second kappa shape index (κ2) is 5.09. The number of hydrogen-bond acceptors (Lipinski definition) is 4. The number of halogens is 2. The van der Waals surface area contributed by atoms with Crippen molar-refractivity contribution in [2.24, 2.45) is 5.16 Å². The van der Waals surface area contributed by atoms with E-state index in [1.165, 1.54) is 6.07 Å². The zero-order valence-corrected chi connectivity index (χ0v) is 9.38. The molecule has 4 nitrogen and oxygen atoms in total. The minimum Gasteiger partial charge on any atom is -0.504 e. The third-order valence-electron chi connectivity index (χ3n) is 1.68. The lowest BCUT2D eigenvalue weighted by Gasteiger charge is -2.10. The van der Waals surface area contributed by atoms with Crippen LogP contribution < -0.4 is 4.74 Å². The van der Waals surface area contributed by atoms with Gasteiger partial charge in [0, 0.05) is 6.07 Å². The lowest BCUT2D eigenvalue weighted by molar-refractivity contribution is 0.316. The summed E-state index contributed by atoms with van der Waals surface area (Å²) in [6.45, 7) is 2.14. The van der Waals surface area contributed by atoms with E-state index in [-0.39, 0.29) is 27.1 Å². The molecule has 0 radical (unpaired) electrons. The summed E-state index contributed by atoms with van der Waals surface area (Å²) in [5.74, 6) is -0.00847. The van der Waals surface area contributed by atoms with E-state index >= 15 is 0 Å². The predicted molar refractivity (Wildman–Crippen MR) is 58.7 cm³/mol. The average molecular weight is 250 g/mol. The van der Waals surface area contributed by atoms with Crippen LogP contribution in [-0.4, -0.2) is 23.1 Å². The highest BCUT2D eigenvalue weighted by Crippen LogP contribution is 2.39. The first-order valence-corrected chi connectivity index (χ1v) is 4.88. The van der Waals surface area contributed by atoms with Crippen molar-refractivity contribution in [3.05, 3.63) is 21.7 Å². The van der Waals surface area contributed by atoms with Gasteiger partial charge in [0.1, 0.15) is 0 Å². The third kappa shape index (κ3) is 2.46. The van der Waals surface area contributed by atoms with Crippen molar-refractivity contribution in [1.82, 2.24) is 0 Å². The van der Waals surface area contributed by atoms with Crippen molar-refractivity contribution in [1.29, 1.82) is 0 Å². The van der Waals surface area contributed by atoms with Gasteiger partial charge in [0.15, 0.2) is 11.5 Å². The Kier molecular flexibility index (Phi) is 4.05. The standard InChI is InChI=1S/C9H9Cl2NO3/c1-2-15-7-3-6(10)8(11)5(4-12-14)9(7)13/h3-4,13-14H,2H2,1H3/b12-4+. The molecule has 0 saturated carbocycles.